The van der Waals surface area contributed by atoms with Gasteiger partial charge in [-0.25, -0.2) is 4.79 Å². The Morgan fingerprint density at radius 2 is 2.05 bits per heavy atom. The van der Waals surface area contributed by atoms with Crippen LogP contribution in [0.15, 0.2) is 34.8 Å². The summed E-state index contributed by atoms with van der Waals surface area (Å²) in [5.41, 5.74) is 0.826. The number of aliphatic hydroxyl groups is 1. The Bertz CT molecular complexity index is 558. The number of amides is 1. The van der Waals surface area contributed by atoms with Gasteiger partial charge in [0.05, 0.1) is 6.10 Å². The van der Waals surface area contributed by atoms with E-state index in [0.717, 1.165) is 10.0 Å². The Morgan fingerprint density at radius 3 is 2.70 bits per heavy atom. The van der Waals surface area contributed by atoms with Gasteiger partial charge in [-0.2, -0.15) is 0 Å². The number of halogens is 1. The van der Waals surface area contributed by atoms with Crippen molar-refractivity contribution in [3.05, 3.63) is 40.4 Å². The molecule has 1 unspecified atom stereocenters. The van der Waals surface area contributed by atoms with Crippen LogP contribution in [0.2, 0.25) is 0 Å². The third kappa shape index (κ3) is 3.26. The van der Waals surface area contributed by atoms with Gasteiger partial charge in [-0.05, 0) is 17.7 Å². The summed E-state index contributed by atoms with van der Waals surface area (Å²) in [6.07, 6.45) is 2.24. The number of nitrogens with zero attached hydrogens (tertiary/aromatic N) is 1. The lowest BCUT2D eigenvalue weighted by Crippen LogP contribution is -2.39. The number of carboxylic acids is 1. The second-order valence-corrected chi connectivity index (χ2v) is 5.44. The summed E-state index contributed by atoms with van der Waals surface area (Å²) in [7, 11) is 0. The highest BCUT2D eigenvalue weighted by Crippen LogP contribution is 2.20. The molecule has 2 atom stereocenters. The quantitative estimate of drug-likeness (QED) is 0.818. The van der Waals surface area contributed by atoms with E-state index in [9.17, 15) is 14.7 Å². The maximum Gasteiger partial charge on any atom is 0.326 e. The topological polar surface area (TPSA) is 77.8 Å². The number of benzene rings is 1. The van der Waals surface area contributed by atoms with E-state index in [1.807, 2.05) is 24.3 Å². The molecule has 1 saturated heterocycles. The van der Waals surface area contributed by atoms with Crippen LogP contribution in [-0.4, -0.2) is 45.7 Å². The summed E-state index contributed by atoms with van der Waals surface area (Å²) in [4.78, 5) is 24.3. The summed E-state index contributed by atoms with van der Waals surface area (Å²) in [6, 6.07) is 6.43. The van der Waals surface area contributed by atoms with E-state index in [4.69, 9.17) is 5.11 Å². The summed E-state index contributed by atoms with van der Waals surface area (Å²) in [6.45, 7) is 0.0517. The molecule has 106 valence electrons. The number of hydrogen-bond acceptors (Lipinski definition) is 3. The molecular formula is C14H14BrNO4. The minimum atomic E-state index is -1.09. The minimum absolute atomic E-state index is 0.0517. The summed E-state index contributed by atoms with van der Waals surface area (Å²) in [5.74, 6) is -1.51. The zero-order valence-electron chi connectivity index (χ0n) is 10.6. The predicted molar refractivity (Wildman–Crippen MR) is 76.9 cm³/mol. The van der Waals surface area contributed by atoms with E-state index in [1.54, 1.807) is 6.08 Å². The van der Waals surface area contributed by atoms with Gasteiger partial charge in [0.1, 0.15) is 6.04 Å². The number of rotatable bonds is 3. The van der Waals surface area contributed by atoms with Crippen LogP contribution in [0, 0.1) is 0 Å². The molecule has 0 saturated carbocycles. The van der Waals surface area contributed by atoms with Crippen LogP contribution in [0.25, 0.3) is 6.08 Å². The molecule has 2 rings (SSSR count). The van der Waals surface area contributed by atoms with E-state index < -0.39 is 24.0 Å². The SMILES string of the molecule is O=C(O)[C@@H]1CC(O)CN1C(=O)/C=C/c1ccccc1Br. The average Bonchev–Trinajstić information content (AvgIpc) is 2.80. The molecule has 1 heterocycles. The average molecular weight is 340 g/mol. The molecule has 2 N–H and O–H groups in total. The van der Waals surface area contributed by atoms with Gasteiger partial charge in [-0.1, -0.05) is 34.1 Å². The van der Waals surface area contributed by atoms with Gasteiger partial charge in [0.15, 0.2) is 0 Å². The molecule has 1 aromatic carbocycles. The largest absolute Gasteiger partial charge is 0.480 e. The first-order valence-electron chi connectivity index (χ1n) is 6.13. The van der Waals surface area contributed by atoms with E-state index in [-0.39, 0.29) is 13.0 Å². The van der Waals surface area contributed by atoms with Crippen LogP contribution >= 0.6 is 15.9 Å². The van der Waals surface area contributed by atoms with Gasteiger partial charge in [-0.3, -0.25) is 4.79 Å². The van der Waals surface area contributed by atoms with E-state index in [0.29, 0.717) is 0 Å². The summed E-state index contributed by atoms with van der Waals surface area (Å²) in [5, 5.41) is 18.6. The van der Waals surface area contributed by atoms with Crippen LogP contribution in [-0.2, 0) is 9.59 Å². The molecular weight excluding hydrogens is 326 g/mol. The van der Waals surface area contributed by atoms with E-state index >= 15 is 0 Å². The summed E-state index contributed by atoms with van der Waals surface area (Å²) >= 11 is 3.36. The third-order valence-electron chi connectivity index (χ3n) is 3.16. The Balaban J connectivity index is 2.12. The molecule has 1 aromatic rings. The highest BCUT2D eigenvalue weighted by molar-refractivity contribution is 9.10. The maximum absolute atomic E-state index is 12.0. The lowest BCUT2D eigenvalue weighted by molar-refractivity contribution is -0.146. The molecule has 5 nitrogen and oxygen atoms in total. The first-order valence-corrected chi connectivity index (χ1v) is 6.92. The molecule has 0 aromatic heterocycles. The third-order valence-corrected chi connectivity index (χ3v) is 3.88. The molecule has 1 fully saturated rings. The lowest BCUT2D eigenvalue weighted by Gasteiger charge is -2.19. The fourth-order valence-electron chi connectivity index (χ4n) is 2.16. The van der Waals surface area contributed by atoms with Gasteiger partial charge in [0.2, 0.25) is 5.91 Å². The highest BCUT2D eigenvalue weighted by Gasteiger charge is 2.37. The fraction of sp³-hybridized carbons (Fsp3) is 0.286. The zero-order chi connectivity index (χ0) is 14.7. The van der Waals surface area contributed by atoms with Crippen molar-refractivity contribution in [1.82, 2.24) is 4.90 Å². The molecule has 0 aliphatic carbocycles. The number of aliphatic carboxylic acids is 1. The van der Waals surface area contributed by atoms with Gasteiger partial charge < -0.3 is 15.1 Å². The number of carboxylic acid groups (broad SMARTS) is 1. The molecule has 1 aliphatic rings. The fourth-order valence-corrected chi connectivity index (χ4v) is 2.58. The van der Waals surface area contributed by atoms with E-state index in [2.05, 4.69) is 15.9 Å². The molecule has 0 bridgehead atoms. The van der Waals surface area contributed by atoms with Gasteiger partial charge in [-0.15, -0.1) is 0 Å². The highest BCUT2D eigenvalue weighted by atomic mass is 79.9. The molecule has 1 amide bonds. The van der Waals surface area contributed by atoms with Crippen molar-refractivity contribution >= 4 is 33.9 Å². The molecule has 1 aliphatic heterocycles. The number of likely N-dealkylation sites (tertiary alicyclic amines) is 1. The smallest absolute Gasteiger partial charge is 0.326 e. The number of β-amino-alcohol motifs (C(OH)–C–C–N with tert-alkyl or cyclic N) is 1. The molecule has 0 spiro atoms. The monoisotopic (exact) mass is 339 g/mol. The van der Waals surface area contributed by atoms with Crippen molar-refractivity contribution in [2.45, 2.75) is 18.6 Å². The van der Waals surface area contributed by atoms with Gasteiger partial charge >= 0.3 is 5.97 Å². The van der Waals surface area contributed by atoms with Crippen molar-refractivity contribution in [3.8, 4) is 0 Å². The van der Waals surface area contributed by atoms with Crippen LogP contribution < -0.4 is 0 Å². The van der Waals surface area contributed by atoms with Crippen molar-refractivity contribution in [2.24, 2.45) is 0 Å². The number of hydrogen-bond donors (Lipinski definition) is 2. The minimum Gasteiger partial charge on any atom is -0.480 e. The van der Waals surface area contributed by atoms with Gasteiger partial charge in [0, 0.05) is 23.5 Å². The normalized spacial score (nSPS) is 22.4. The van der Waals surface area contributed by atoms with Crippen LogP contribution in [0.3, 0.4) is 0 Å². The number of carbonyl (C=O) groups excluding carboxylic acids is 1. The Hall–Kier alpha value is -1.66. The Kier molecular flexibility index (Phi) is 4.57. The van der Waals surface area contributed by atoms with Crippen LogP contribution in [0.4, 0.5) is 0 Å². The van der Waals surface area contributed by atoms with Crippen molar-refractivity contribution in [1.29, 1.82) is 0 Å². The molecule has 0 radical (unpaired) electrons. The Labute approximate surface area is 124 Å². The standard InChI is InChI=1S/C14H14BrNO4/c15-11-4-2-1-3-9(11)5-6-13(18)16-8-10(17)7-12(16)14(19)20/h1-6,10,12,17H,7-8H2,(H,19,20)/b6-5+/t10?,12-/m0/s1. The first kappa shape index (κ1) is 14.7. The number of carbonyl (C=O) groups is 2. The predicted octanol–water partition coefficient (Wildman–Crippen LogP) is 1.51. The lowest BCUT2D eigenvalue weighted by atomic mass is 10.2. The maximum atomic E-state index is 12.0. The van der Waals surface area contributed by atoms with Crippen molar-refractivity contribution in [3.63, 3.8) is 0 Å². The van der Waals surface area contributed by atoms with Crippen molar-refractivity contribution in [2.75, 3.05) is 6.54 Å². The summed E-state index contributed by atoms with van der Waals surface area (Å²) < 4.78 is 0.847. The second-order valence-electron chi connectivity index (χ2n) is 4.59. The zero-order valence-corrected chi connectivity index (χ0v) is 12.2. The van der Waals surface area contributed by atoms with E-state index in [1.165, 1.54) is 11.0 Å². The molecule has 6 heteroatoms. The van der Waals surface area contributed by atoms with Crippen LogP contribution in [0.5, 0.6) is 0 Å². The Morgan fingerprint density at radius 1 is 1.35 bits per heavy atom. The van der Waals surface area contributed by atoms with Crippen LogP contribution in [0.1, 0.15) is 12.0 Å². The van der Waals surface area contributed by atoms with Crippen molar-refractivity contribution < 1.29 is 19.8 Å². The van der Waals surface area contributed by atoms with Gasteiger partial charge in [0.25, 0.3) is 0 Å². The first-order chi connectivity index (χ1) is 9.49. The molecule has 20 heavy (non-hydrogen) atoms. The second kappa shape index (κ2) is 6.19. The number of aliphatic hydroxyl groups excluding tert-OH is 1.